The first-order valence-electron chi connectivity index (χ1n) is 9.32. The van der Waals surface area contributed by atoms with Crippen molar-refractivity contribution in [3.63, 3.8) is 0 Å². The number of carbonyl (C=O) groups excluding carboxylic acids is 1. The maximum Gasteiger partial charge on any atom is 0.244 e. The van der Waals surface area contributed by atoms with Gasteiger partial charge in [-0.3, -0.25) is 4.79 Å². The molecule has 0 spiro atoms. The number of furan rings is 1. The van der Waals surface area contributed by atoms with Gasteiger partial charge >= 0.3 is 0 Å². The van der Waals surface area contributed by atoms with Crippen LogP contribution in [-0.2, 0) is 21.4 Å². The Labute approximate surface area is 175 Å². The van der Waals surface area contributed by atoms with Gasteiger partial charge in [0.05, 0.1) is 17.3 Å². The maximum atomic E-state index is 12.7. The van der Waals surface area contributed by atoms with E-state index in [-0.39, 0.29) is 16.6 Å². The van der Waals surface area contributed by atoms with E-state index in [1.807, 2.05) is 26.1 Å². The molecule has 0 N–H and O–H groups in total. The molecule has 2 aromatic heterocycles. The molecule has 2 aromatic rings. The summed E-state index contributed by atoms with van der Waals surface area (Å²) in [6.07, 6.45) is 1.37. The second-order valence-electron chi connectivity index (χ2n) is 7.09. The number of amides is 1. The zero-order valence-corrected chi connectivity index (χ0v) is 18.5. The van der Waals surface area contributed by atoms with E-state index >= 15 is 0 Å². The lowest BCUT2D eigenvalue weighted by molar-refractivity contribution is -0.127. The summed E-state index contributed by atoms with van der Waals surface area (Å²) in [5.74, 6) is 1.71. The molecule has 10 heteroatoms. The Morgan fingerprint density at radius 2 is 1.93 bits per heavy atom. The summed E-state index contributed by atoms with van der Waals surface area (Å²) in [6, 6.07) is 6.93. The molecular weight excluding hydrogens is 412 g/mol. The standard InChI is InChI=1S/C19H26N4O4S2/c1-15-4-5-16(27-15)13-22(3)19(24)14-28-18-7-6-17(12-20-18)29(25,26)23-10-8-21(2)9-11-23/h4-7,12H,8-11,13-14H2,1-3H3. The van der Waals surface area contributed by atoms with Gasteiger partial charge in [0, 0.05) is 39.4 Å². The topological polar surface area (TPSA) is 87.0 Å². The molecule has 0 radical (unpaired) electrons. The molecule has 0 aliphatic carbocycles. The van der Waals surface area contributed by atoms with Crippen molar-refractivity contribution in [2.45, 2.75) is 23.4 Å². The lowest BCUT2D eigenvalue weighted by Gasteiger charge is -2.31. The number of pyridine rings is 1. The minimum absolute atomic E-state index is 0.0556. The molecule has 3 rings (SSSR count). The summed E-state index contributed by atoms with van der Waals surface area (Å²) < 4.78 is 32.4. The molecule has 0 bridgehead atoms. The van der Waals surface area contributed by atoms with Crippen LogP contribution in [0.3, 0.4) is 0 Å². The Balaban J connectivity index is 1.54. The van der Waals surface area contributed by atoms with Gasteiger partial charge in [-0.1, -0.05) is 11.8 Å². The molecule has 3 heterocycles. The third kappa shape index (κ3) is 5.59. The Morgan fingerprint density at radius 1 is 1.21 bits per heavy atom. The van der Waals surface area contributed by atoms with Crippen LogP contribution in [0.5, 0.6) is 0 Å². The largest absolute Gasteiger partial charge is 0.464 e. The predicted octanol–water partition coefficient (Wildman–Crippen LogP) is 1.67. The average molecular weight is 439 g/mol. The van der Waals surface area contributed by atoms with E-state index in [0.717, 1.165) is 11.5 Å². The van der Waals surface area contributed by atoms with Crippen molar-refractivity contribution in [1.82, 2.24) is 19.1 Å². The van der Waals surface area contributed by atoms with Crippen LogP contribution in [0, 0.1) is 6.92 Å². The summed E-state index contributed by atoms with van der Waals surface area (Å²) in [5.41, 5.74) is 0. The number of sulfonamides is 1. The van der Waals surface area contributed by atoms with Gasteiger partial charge < -0.3 is 14.2 Å². The molecule has 1 aliphatic rings. The van der Waals surface area contributed by atoms with Crippen molar-refractivity contribution in [1.29, 1.82) is 0 Å². The minimum Gasteiger partial charge on any atom is -0.464 e. The molecular formula is C19H26N4O4S2. The Bertz CT molecular complexity index is 935. The number of aromatic nitrogens is 1. The van der Waals surface area contributed by atoms with Crippen LogP contribution in [0.15, 0.2) is 44.8 Å². The van der Waals surface area contributed by atoms with Gasteiger partial charge in [0.2, 0.25) is 15.9 Å². The number of carbonyl (C=O) groups is 1. The zero-order valence-electron chi connectivity index (χ0n) is 16.9. The minimum atomic E-state index is -3.53. The Morgan fingerprint density at radius 3 is 2.52 bits per heavy atom. The van der Waals surface area contributed by atoms with Crippen LogP contribution in [0.1, 0.15) is 11.5 Å². The number of likely N-dealkylation sites (N-methyl/N-ethyl adjacent to an activating group) is 1. The van der Waals surface area contributed by atoms with E-state index in [9.17, 15) is 13.2 Å². The number of rotatable bonds is 7. The summed E-state index contributed by atoms with van der Waals surface area (Å²) in [4.78, 5) is 20.4. The van der Waals surface area contributed by atoms with Crippen LogP contribution in [0.4, 0.5) is 0 Å². The highest BCUT2D eigenvalue weighted by Gasteiger charge is 2.27. The molecule has 1 saturated heterocycles. The van der Waals surface area contributed by atoms with Gasteiger partial charge in [-0.15, -0.1) is 0 Å². The second kappa shape index (κ2) is 9.29. The molecule has 8 nitrogen and oxygen atoms in total. The summed E-state index contributed by atoms with van der Waals surface area (Å²) in [5, 5.41) is 0.609. The monoisotopic (exact) mass is 438 g/mol. The molecule has 0 aromatic carbocycles. The van der Waals surface area contributed by atoms with Gasteiger partial charge in [-0.2, -0.15) is 4.31 Å². The zero-order chi connectivity index (χ0) is 21.0. The molecule has 0 unspecified atom stereocenters. The summed E-state index contributed by atoms with van der Waals surface area (Å²) in [6.45, 7) is 4.65. The van der Waals surface area contributed by atoms with Crippen LogP contribution in [0.2, 0.25) is 0 Å². The van der Waals surface area contributed by atoms with E-state index in [2.05, 4.69) is 9.88 Å². The molecule has 1 aliphatic heterocycles. The third-order valence-corrected chi connectivity index (χ3v) is 7.58. The highest BCUT2D eigenvalue weighted by Crippen LogP contribution is 2.21. The molecule has 0 saturated carbocycles. The van der Waals surface area contributed by atoms with Crippen molar-refractivity contribution in [2.75, 3.05) is 46.0 Å². The molecule has 1 amide bonds. The molecule has 29 heavy (non-hydrogen) atoms. The molecule has 158 valence electrons. The number of hydrogen-bond acceptors (Lipinski definition) is 7. The van der Waals surface area contributed by atoms with E-state index in [1.54, 1.807) is 24.1 Å². The van der Waals surface area contributed by atoms with E-state index in [1.165, 1.54) is 22.3 Å². The molecule has 1 fully saturated rings. The first-order valence-corrected chi connectivity index (χ1v) is 11.7. The SMILES string of the molecule is Cc1ccc(CN(C)C(=O)CSc2ccc(S(=O)(=O)N3CCN(C)CC3)cn2)o1. The van der Waals surface area contributed by atoms with Gasteiger partial charge in [-0.25, -0.2) is 13.4 Å². The Kier molecular flexibility index (Phi) is 6.99. The van der Waals surface area contributed by atoms with E-state index in [4.69, 9.17) is 4.42 Å². The van der Waals surface area contributed by atoms with Crippen molar-refractivity contribution in [3.8, 4) is 0 Å². The van der Waals surface area contributed by atoms with Gasteiger partial charge in [0.15, 0.2) is 0 Å². The van der Waals surface area contributed by atoms with Crippen LogP contribution in [-0.4, -0.2) is 79.4 Å². The van der Waals surface area contributed by atoms with Gasteiger partial charge in [0.1, 0.15) is 16.4 Å². The van der Waals surface area contributed by atoms with E-state index in [0.29, 0.717) is 37.7 Å². The van der Waals surface area contributed by atoms with Crippen LogP contribution < -0.4 is 0 Å². The fourth-order valence-corrected chi connectivity index (χ4v) is 5.07. The van der Waals surface area contributed by atoms with Crippen LogP contribution >= 0.6 is 11.8 Å². The van der Waals surface area contributed by atoms with Gasteiger partial charge in [-0.05, 0) is 38.2 Å². The number of piperazine rings is 1. The predicted molar refractivity (Wildman–Crippen MR) is 111 cm³/mol. The van der Waals surface area contributed by atoms with Crippen molar-refractivity contribution in [2.24, 2.45) is 0 Å². The summed E-state index contributed by atoms with van der Waals surface area (Å²) in [7, 11) is 0.170. The first-order chi connectivity index (χ1) is 13.8. The molecule has 0 atom stereocenters. The highest BCUT2D eigenvalue weighted by molar-refractivity contribution is 7.99. The fourth-order valence-electron chi connectivity index (χ4n) is 2.92. The second-order valence-corrected chi connectivity index (χ2v) is 10.0. The number of aryl methyl sites for hydroxylation is 1. The fraction of sp³-hybridized carbons (Fsp3) is 0.474. The van der Waals surface area contributed by atoms with Crippen molar-refractivity contribution in [3.05, 3.63) is 42.0 Å². The highest BCUT2D eigenvalue weighted by atomic mass is 32.2. The van der Waals surface area contributed by atoms with Crippen LogP contribution in [0.25, 0.3) is 0 Å². The third-order valence-electron chi connectivity index (χ3n) is 4.77. The van der Waals surface area contributed by atoms with E-state index < -0.39 is 10.0 Å². The van der Waals surface area contributed by atoms with Gasteiger partial charge in [0.25, 0.3) is 0 Å². The maximum absolute atomic E-state index is 12.7. The van der Waals surface area contributed by atoms with Crippen molar-refractivity contribution < 1.29 is 17.6 Å². The Hall–Kier alpha value is -1.88. The number of hydrogen-bond donors (Lipinski definition) is 0. The smallest absolute Gasteiger partial charge is 0.244 e. The quantitative estimate of drug-likeness (QED) is 0.608. The average Bonchev–Trinajstić information content (AvgIpc) is 3.11. The number of nitrogens with zero attached hydrogens (tertiary/aromatic N) is 4. The number of thioether (sulfide) groups is 1. The normalized spacial score (nSPS) is 16.1. The first kappa shape index (κ1) is 21.8. The van der Waals surface area contributed by atoms with Crippen molar-refractivity contribution >= 4 is 27.7 Å². The summed E-state index contributed by atoms with van der Waals surface area (Å²) >= 11 is 1.28. The lowest BCUT2D eigenvalue weighted by Crippen LogP contribution is -2.47. The lowest BCUT2D eigenvalue weighted by atomic mass is 10.4.